The molecule has 0 radical (unpaired) electrons. The highest BCUT2D eigenvalue weighted by atomic mass is 19.4. The summed E-state index contributed by atoms with van der Waals surface area (Å²) in [5.41, 5.74) is 0. The summed E-state index contributed by atoms with van der Waals surface area (Å²) in [7, 11) is 0. The fourth-order valence-electron chi connectivity index (χ4n) is 1.50. The smallest absolute Gasteiger partial charge is 0.460 e. The molecule has 180 valence electrons. The second-order valence-corrected chi connectivity index (χ2v) is 5.31. The third-order valence-corrected chi connectivity index (χ3v) is 3.32. The Bertz CT molecular complexity index is 663. The predicted molar refractivity (Wildman–Crippen MR) is 54.3 cm³/mol. The third kappa shape index (κ3) is 3.29. The van der Waals surface area contributed by atoms with Crippen molar-refractivity contribution in [3.05, 3.63) is 0 Å². The van der Waals surface area contributed by atoms with Crippen molar-refractivity contribution in [2.75, 3.05) is 0 Å². The van der Waals surface area contributed by atoms with Gasteiger partial charge in [0.1, 0.15) is 0 Å². The molecule has 0 saturated carbocycles. The summed E-state index contributed by atoms with van der Waals surface area (Å²) < 4.78 is 217. The van der Waals surface area contributed by atoms with Crippen LogP contribution in [0.3, 0.4) is 0 Å². The SMILES string of the molecule is O=C(O)C(O)C(F)(F)C(F)(F)C(F)(F)C(F)(F)C(F)(F)C(F)(F)C(F)(F)C(F)(F)F. The Hall–Kier alpha value is -1.76. The quantitative estimate of drug-likeness (QED) is 0.491. The van der Waals surface area contributed by atoms with Gasteiger partial charge in [-0.25, -0.2) is 4.79 Å². The molecule has 0 aromatic heterocycles. The van der Waals surface area contributed by atoms with Gasteiger partial charge in [-0.3, -0.25) is 0 Å². The Morgan fingerprint density at radius 3 is 0.967 bits per heavy atom. The van der Waals surface area contributed by atoms with Gasteiger partial charge in [0.15, 0.2) is 0 Å². The number of halogens is 17. The van der Waals surface area contributed by atoms with E-state index in [0.717, 1.165) is 0 Å². The van der Waals surface area contributed by atoms with Crippen molar-refractivity contribution in [2.24, 2.45) is 0 Å². The van der Waals surface area contributed by atoms with Crippen LogP contribution >= 0.6 is 0 Å². The molecule has 0 spiro atoms. The lowest BCUT2D eigenvalue weighted by atomic mass is 9.87. The highest BCUT2D eigenvalue weighted by molar-refractivity contribution is 5.73. The van der Waals surface area contributed by atoms with E-state index < -0.39 is 59.7 Å². The van der Waals surface area contributed by atoms with Crippen molar-refractivity contribution in [1.29, 1.82) is 0 Å². The first-order valence-electron chi connectivity index (χ1n) is 6.23. The molecule has 0 aliphatic rings. The normalized spacial score (nSPS) is 17.1. The van der Waals surface area contributed by atoms with E-state index in [4.69, 9.17) is 10.2 Å². The molecule has 1 unspecified atom stereocenters. The van der Waals surface area contributed by atoms with Gasteiger partial charge in [0.25, 0.3) is 0 Å². The van der Waals surface area contributed by atoms with Gasteiger partial charge in [-0.1, -0.05) is 0 Å². The molecule has 0 fully saturated rings. The molecule has 0 rings (SSSR count). The number of aliphatic carboxylic acids is 1. The summed E-state index contributed by atoms with van der Waals surface area (Å²) in [6, 6.07) is 0. The minimum absolute atomic E-state index is 3.57. The zero-order chi connectivity index (χ0) is 25.2. The van der Waals surface area contributed by atoms with Gasteiger partial charge in [0.05, 0.1) is 0 Å². The van der Waals surface area contributed by atoms with Crippen LogP contribution in [0, 0.1) is 0 Å². The van der Waals surface area contributed by atoms with Crippen LogP contribution in [0.4, 0.5) is 74.6 Å². The van der Waals surface area contributed by atoms with E-state index in [9.17, 15) is 79.4 Å². The monoisotopic (exact) mass is 494 g/mol. The zero-order valence-electron chi connectivity index (χ0n) is 12.8. The van der Waals surface area contributed by atoms with E-state index in [1.165, 1.54) is 0 Å². The van der Waals surface area contributed by atoms with E-state index in [1.807, 2.05) is 0 Å². The van der Waals surface area contributed by atoms with E-state index >= 15 is 0 Å². The summed E-state index contributed by atoms with van der Waals surface area (Å²) >= 11 is 0. The fourth-order valence-corrected chi connectivity index (χ4v) is 1.50. The maximum absolute atomic E-state index is 13.2. The topological polar surface area (TPSA) is 57.5 Å². The predicted octanol–water partition coefficient (Wildman–Crippen LogP) is 4.44. The first-order chi connectivity index (χ1) is 12.6. The lowest BCUT2D eigenvalue weighted by Crippen LogP contribution is -2.75. The van der Waals surface area contributed by atoms with Crippen LogP contribution in [-0.2, 0) is 4.79 Å². The molecule has 1 atom stereocenters. The average molecular weight is 494 g/mol. The van der Waals surface area contributed by atoms with Crippen LogP contribution in [0.1, 0.15) is 0 Å². The number of alkyl halides is 17. The van der Waals surface area contributed by atoms with E-state index in [1.54, 1.807) is 0 Å². The van der Waals surface area contributed by atoms with Crippen LogP contribution < -0.4 is 0 Å². The van der Waals surface area contributed by atoms with Crippen molar-refractivity contribution in [3.8, 4) is 0 Å². The zero-order valence-corrected chi connectivity index (χ0v) is 12.8. The van der Waals surface area contributed by atoms with Gasteiger partial charge in [0, 0.05) is 0 Å². The summed E-state index contributed by atoms with van der Waals surface area (Å²) in [6.07, 6.45) is -12.9. The largest absolute Gasteiger partial charge is 0.479 e. The Kier molecular flexibility index (Phi) is 6.47. The molecule has 0 amide bonds. The van der Waals surface area contributed by atoms with E-state index in [0.29, 0.717) is 0 Å². The maximum atomic E-state index is 13.2. The number of carboxylic acids is 1. The number of aliphatic hydroxyl groups is 1. The van der Waals surface area contributed by atoms with Crippen LogP contribution in [0.15, 0.2) is 0 Å². The first kappa shape index (κ1) is 28.2. The van der Waals surface area contributed by atoms with Gasteiger partial charge < -0.3 is 10.2 Å². The molecule has 3 nitrogen and oxygen atoms in total. The van der Waals surface area contributed by atoms with Crippen LogP contribution in [0.25, 0.3) is 0 Å². The standard InChI is InChI=1S/C10H3F17O3/c11-3(12,1(28)2(29)30)4(13,14)5(15,16)6(17,18)7(19,20)8(21,22)9(23,24)10(25,26)27/h1,28H,(H,29,30). The number of hydrogen-bond donors (Lipinski definition) is 2. The molecule has 20 heteroatoms. The maximum Gasteiger partial charge on any atom is 0.460 e. The highest BCUT2D eigenvalue weighted by Gasteiger charge is 2.95. The highest BCUT2D eigenvalue weighted by Crippen LogP contribution is 2.64. The van der Waals surface area contributed by atoms with Gasteiger partial charge in [-0.05, 0) is 0 Å². The molecule has 0 aromatic carbocycles. The summed E-state index contributed by atoms with van der Waals surface area (Å²) in [4.78, 5) is 9.98. The van der Waals surface area contributed by atoms with Crippen molar-refractivity contribution in [1.82, 2.24) is 0 Å². The van der Waals surface area contributed by atoms with E-state index in [-0.39, 0.29) is 0 Å². The molecule has 30 heavy (non-hydrogen) atoms. The van der Waals surface area contributed by atoms with Crippen LogP contribution in [0.2, 0.25) is 0 Å². The molecule has 2 N–H and O–H groups in total. The minimum atomic E-state index is -8.82. The van der Waals surface area contributed by atoms with Gasteiger partial charge in [-0.2, -0.15) is 74.6 Å². The fraction of sp³-hybridized carbons (Fsp3) is 0.900. The van der Waals surface area contributed by atoms with E-state index in [2.05, 4.69) is 0 Å². The minimum Gasteiger partial charge on any atom is -0.479 e. The Morgan fingerprint density at radius 1 is 0.500 bits per heavy atom. The molecule has 0 heterocycles. The molecular weight excluding hydrogens is 491 g/mol. The number of carbonyl (C=O) groups is 1. The number of hydrogen-bond acceptors (Lipinski definition) is 2. The van der Waals surface area contributed by atoms with Crippen molar-refractivity contribution in [2.45, 2.75) is 53.7 Å². The second-order valence-electron chi connectivity index (χ2n) is 5.31. The second kappa shape index (κ2) is 6.87. The first-order valence-corrected chi connectivity index (χ1v) is 6.23. The lowest BCUT2D eigenvalue weighted by Gasteiger charge is -2.43. The number of rotatable bonds is 8. The number of carboxylic acid groups (broad SMARTS) is 1. The summed E-state index contributed by atoms with van der Waals surface area (Å²) in [5, 5.41) is 16.1. The molecule has 0 aromatic rings. The van der Waals surface area contributed by atoms with Gasteiger partial charge in [-0.15, -0.1) is 0 Å². The van der Waals surface area contributed by atoms with Crippen molar-refractivity contribution < 1.29 is 89.6 Å². The average Bonchev–Trinajstić information content (AvgIpc) is 2.51. The molecule has 0 aliphatic carbocycles. The summed E-state index contributed by atoms with van der Waals surface area (Å²) in [5.74, 6) is -62.4. The lowest BCUT2D eigenvalue weighted by molar-refractivity contribution is -0.463. The Morgan fingerprint density at radius 2 is 0.733 bits per heavy atom. The summed E-state index contributed by atoms with van der Waals surface area (Å²) in [6.45, 7) is 0. The molecule has 0 bridgehead atoms. The van der Waals surface area contributed by atoms with Crippen LogP contribution in [-0.4, -0.2) is 69.9 Å². The number of aliphatic hydroxyl groups excluding tert-OH is 1. The Labute approximate surface area is 151 Å². The third-order valence-electron chi connectivity index (χ3n) is 3.32. The van der Waals surface area contributed by atoms with Gasteiger partial charge in [0.2, 0.25) is 6.10 Å². The Balaban J connectivity index is 6.81. The molecule has 0 aliphatic heterocycles. The molecule has 0 saturated heterocycles. The van der Waals surface area contributed by atoms with Crippen molar-refractivity contribution in [3.63, 3.8) is 0 Å². The van der Waals surface area contributed by atoms with Gasteiger partial charge >= 0.3 is 53.6 Å². The van der Waals surface area contributed by atoms with Crippen LogP contribution in [0.5, 0.6) is 0 Å². The van der Waals surface area contributed by atoms with Crippen molar-refractivity contribution >= 4 is 5.97 Å². The molecular formula is C10H3F17O3.